The van der Waals surface area contributed by atoms with Gasteiger partial charge >= 0.3 is 0 Å². The number of nitrogens with zero attached hydrogens (tertiary/aromatic N) is 1. The van der Waals surface area contributed by atoms with Gasteiger partial charge in [0.1, 0.15) is 5.76 Å². The molecular weight excluding hydrogens is 320 g/mol. The van der Waals surface area contributed by atoms with E-state index in [1.54, 1.807) is 5.57 Å². The molecule has 3 rings (SSSR count). The summed E-state index contributed by atoms with van der Waals surface area (Å²) in [6.45, 7) is 12.6. The maximum atomic E-state index is 5.96. The third kappa shape index (κ3) is 5.03. The number of fused-ring (bicyclic) bond motifs is 1. The fourth-order valence-corrected chi connectivity index (χ4v) is 3.71. The van der Waals surface area contributed by atoms with Gasteiger partial charge in [-0.05, 0) is 63.6 Å². The molecule has 3 heteroatoms. The van der Waals surface area contributed by atoms with Gasteiger partial charge in [-0.15, -0.1) is 0 Å². The minimum Gasteiger partial charge on any atom is -0.489 e. The van der Waals surface area contributed by atoms with Gasteiger partial charge < -0.3 is 10.1 Å². The van der Waals surface area contributed by atoms with E-state index in [-0.39, 0.29) is 0 Å². The number of allylic oxidation sites excluding steroid dienone is 3. The highest BCUT2D eigenvalue weighted by molar-refractivity contribution is 5.39. The zero-order chi connectivity index (χ0) is 18.4. The SMILES string of the molecule is C=C1CCC2=CCC(OCCCCN3CCC(C)=C(/C=C\C)C3)=C=C2N1. The van der Waals surface area contributed by atoms with Crippen LogP contribution >= 0.6 is 0 Å². The Morgan fingerprint density at radius 3 is 3.04 bits per heavy atom. The first-order valence-corrected chi connectivity index (χ1v) is 9.96. The van der Waals surface area contributed by atoms with Crippen LogP contribution in [0, 0.1) is 0 Å². The molecule has 0 saturated carbocycles. The molecule has 140 valence electrons. The monoisotopic (exact) mass is 352 g/mol. The number of hydrogen-bond acceptors (Lipinski definition) is 3. The van der Waals surface area contributed by atoms with Gasteiger partial charge in [0.2, 0.25) is 0 Å². The summed E-state index contributed by atoms with van der Waals surface area (Å²) >= 11 is 0. The number of unbranched alkanes of at least 4 members (excludes halogenated alkanes) is 1. The second kappa shape index (κ2) is 9.12. The minimum atomic E-state index is 0.782. The molecule has 0 bridgehead atoms. The molecule has 0 spiro atoms. The number of rotatable bonds is 7. The van der Waals surface area contributed by atoms with Crippen molar-refractivity contribution in [1.29, 1.82) is 0 Å². The van der Waals surface area contributed by atoms with Crippen molar-refractivity contribution in [2.45, 2.75) is 52.4 Å². The van der Waals surface area contributed by atoms with Crippen molar-refractivity contribution in [2.75, 3.05) is 26.2 Å². The van der Waals surface area contributed by atoms with E-state index in [0.717, 1.165) is 62.5 Å². The van der Waals surface area contributed by atoms with Crippen LogP contribution in [0.15, 0.2) is 64.4 Å². The Kier molecular flexibility index (Phi) is 6.60. The van der Waals surface area contributed by atoms with Crippen LogP contribution in [-0.2, 0) is 4.74 Å². The Balaban J connectivity index is 1.39. The third-order valence-electron chi connectivity index (χ3n) is 5.38. The first-order valence-electron chi connectivity index (χ1n) is 9.96. The Morgan fingerprint density at radius 1 is 1.31 bits per heavy atom. The molecule has 0 atom stereocenters. The van der Waals surface area contributed by atoms with Crippen LogP contribution < -0.4 is 5.32 Å². The van der Waals surface area contributed by atoms with E-state index in [0.29, 0.717) is 0 Å². The van der Waals surface area contributed by atoms with Crippen LogP contribution in [0.4, 0.5) is 0 Å². The van der Waals surface area contributed by atoms with Gasteiger partial charge in [-0.25, -0.2) is 0 Å². The molecule has 0 aromatic carbocycles. The molecule has 1 N–H and O–H groups in total. The molecule has 0 unspecified atom stereocenters. The molecule has 3 nitrogen and oxygen atoms in total. The molecule has 1 fully saturated rings. The van der Waals surface area contributed by atoms with Gasteiger partial charge in [0.05, 0.1) is 12.3 Å². The zero-order valence-electron chi connectivity index (χ0n) is 16.4. The molecule has 1 aliphatic carbocycles. The van der Waals surface area contributed by atoms with Gasteiger partial charge in [0.25, 0.3) is 0 Å². The molecule has 0 amide bonds. The average molecular weight is 353 g/mol. The highest BCUT2D eigenvalue weighted by atomic mass is 16.5. The Morgan fingerprint density at radius 2 is 2.19 bits per heavy atom. The average Bonchev–Trinajstić information content (AvgIpc) is 2.64. The van der Waals surface area contributed by atoms with Crippen LogP contribution in [0.2, 0.25) is 0 Å². The van der Waals surface area contributed by atoms with Gasteiger partial charge in [-0.2, -0.15) is 0 Å². The quantitative estimate of drug-likeness (QED) is 0.517. The fourth-order valence-electron chi connectivity index (χ4n) is 3.71. The largest absolute Gasteiger partial charge is 0.489 e. The van der Waals surface area contributed by atoms with Gasteiger partial charge in [-0.3, -0.25) is 4.90 Å². The number of ether oxygens (including phenoxy) is 1. The molecule has 0 radical (unpaired) electrons. The number of hydrogen-bond donors (Lipinski definition) is 1. The summed E-state index contributed by atoms with van der Waals surface area (Å²) in [5, 5.41) is 3.34. The second-order valence-electron chi connectivity index (χ2n) is 7.47. The van der Waals surface area contributed by atoms with Crippen LogP contribution in [-0.4, -0.2) is 31.1 Å². The summed E-state index contributed by atoms with van der Waals surface area (Å²) in [5.41, 5.74) is 9.94. The maximum absolute atomic E-state index is 5.96. The summed E-state index contributed by atoms with van der Waals surface area (Å²) in [6, 6.07) is 0. The molecule has 1 saturated heterocycles. The normalized spacial score (nSPS) is 21.2. The summed E-state index contributed by atoms with van der Waals surface area (Å²) in [5.74, 6) is 0.956. The summed E-state index contributed by atoms with van der Waals surface area (Å²) in [6.07, 6.45) is 13.1. The highest BCUT2D eigenvalue weighted by Crippen LogP contribution is 2.27. The van der Waals surface area contributed by atoms with Gasteiger partial charge in [0.15, 0.2) is 0 Å². The zero-order valence-corrected chi connectivity index (χ0v) is 16.4. The van der Waals surface area contributed by atoms with Crippen molar-refractivity contribution in [2.24, 2.45) is 0 Å². The lowest BCUT2D eigenvalue weighted by molar-refractivity contribution is 0.192. The molecule has 2 aliphatic heterocycles. The highest BCUT2D eigenvalue weighted by Gasteiger charge is 2.17. The maximum Gasteiger partial charge on any atom is 0.144 e. The topological polar surface area (TPSA) is 24.5 Å². The predicted octanol–water partition coefficient (Wildman–Crippen LogP) is 4.98. The smallest absolute Gasteiger partial charge is 0.144 e. The van der Waals surface area contributed by atoms with Crippen LogP contribution in [0.1, 0.15) is 52.4 Å². The van der Waals surface area contributed by atoms with Crippen LogP contribution in [0.25, 0.3) is 0 Å². The Bertz CT molecular complexity index is 702. The molecule has 0 aromatic rings. The van der Waals surface area contributed by atoms with E-state index in [1.807, 2.05) is 0 Å². The molecule has 26 heavy (non-hydrogen) atoms. The first kappa shape index (κ1) is 18.8. The van der Waals surface area contributed by atoms with Gasteiger partial charge in [0, 0.05) is 25.2 Å². The van der Waals surface area contributed by atoms with Crippen molar-refractivity contribution in [3.8, 4) is 0 Å². The standard InChI is InChI=1S/C23H32N2O/c1-4-7-21-17-25(14-12-18(21)2)13-5-6-15-26-22-11-10-20-9-8-19(3)24-23(20)16-22/h4,7,10,24H,3,5-6,8-9,11-15,17H2,1-2H3/b7-4-. The van der Waals surface area contributed by atoms with Crippen molar-refractivity contribution in [1.82, 2.24) is 10.2 Å². The van der Waals surface area contributed by atoms with Crippen LogP contribution in [0.5, 0.6) is 0 Å². The van der Waals surface area contributed by atoms with E-state index in [4.69, 9.17) is 4.74 Å². The summed E-state index contributed by atoms with van der Waals surface area (Å²) in [4.78, 5) is 2.57. The molecular formula is C23H32N2O. The molecule has 3 aliphatic rings. The molecule has 0 aromatic heterocycles. The van der Waals surface area contributed by atoms with Crippen molar-refractivity contribution in [3.05, 3.63) is 64.4 Å². The predicted molar refractivity (Wildman–Crippen MR) is 109 cm³/mol. The summed E-state index contributed by atoms with van der Waals surface area (Å²) < 4.78 is 5.96. The van der Waals surface area contributed by atoms with Crippen molar-refractivity contribution < 1.29 is 4.74 Å². The van der Waals surface area contributed by atoms with E-state index in [2.05, 4.69) is 54.6 Å². The van der Waals surface area contributed by atoms with Crippen molar-refractivity contribution in [3.63, 3.8) is 0 Å². The lowest BCUT2D eigenvalue weighted by atomic mass is 9.97. The fraction of sp³-hybridized carbons (Fsp3) is 0.522. The van der Waals surface area contributed by atoms with Gasteiger partial charge in [-0.1, -0.05) is 36.1 Å². The first-order chi connectivity index (χ1) is 12.7. The lowest BCUT2D eigenvalue weighted by Gasteiger charge is -2.28. The van der Waals surface area contributed by atoms with E-state index in [1.165, 1.54) is 30.5 Å². The minimum absolute atomic E-state index is 0.782. The second-order valence-corrected chi connectivity index (χ2v) is 7.47. The third-order valence-corrected chi connectivity index (χ3v) is 5.38. The number of nitrogens with one attached hydrogen (secondary N) is 1. The van der Waals surface area contributed by atoms with Crippen molar-refractivity contribution >= 4 is 0 Å². The van der Waals surface area contributed by atoms with E-state index in [9.17, 15) is 0 Å². The Hall–Kier alpha value is -1.96. The Labute approximate surface area is 158 Å². The van der Waals surface area contributed by atoms with E-state index < -0.39 is 0 Å². The number of piperidine rings is 1. The summed E-state index contributed by atoms with van der Waals surface area (Å²) in [7, 11) is 0. The van der Waals surface area contributed by atoms with E-state index >= 15 is 0 Å². The molecule has 2 heterocycles. The lowest BCUT2D eigenvalue weighted by Crippen LogP contribution is -2.32. The van der Waals surface area contributed by atoms with Crippen LogP contribution in [0.3, 0.4) is 0 Å².